The van der Waals surface area contributed by atoms with Crippen LogP contribution in [-0.2, 0) is 18.3 Å². The van der Waals surface area contributed by atoms with Crippen LogP contribution in [0.25, 0.3) is 0 Å². The van der Waals surface area contributed by atoms with Crippen LogP contribution in [0.5, 0.6) is 0 Å². The molecule has 7 heteroatoms. The molecular weight excluding hydrogens is 306 g/mol. The number of nitrogens with one attached hydrogen (secondary N) is 3. The van der Waals surface area contributed by atoms with Gasteiger partial charge in [-0.05, 0) is 30.3 Å². The number of urea groups is 1. The summed E-state index contributed by atoms with van der Waals surface area (Å²) in [6.07, 6.45) is 2.44. The molecule has 0 spiro atoms. The highest BCUT2D eigenvalue weighted by molar-refractivity contribution is 5.93. The molecule has 7 nitrogen and oxygen atoms in total. The lowest BCUT2D eigenvalue weighted by Gasteiger charge is -2.10. The van der Waals surface area contributed by atoms with Crippen molar-refractivity contribution in [2.75, 3.05) is 17.2 Å². The monoisotopic (exact) mass is 329 g/mol. The molecule has 0 fully saturated rings. The third kappa shape index (κ3) is 5.12. The topological polar surface area (TPSA) is 88.1 Å². The molecular formula is C17H23N5O2. The highest BCUT2D eigenvalue weighted by Crippen LogP contribution is 2.14. The Hall–Kier alpha value is -2.83. The zero-order valence-electron chi connectivity index (χ0n) is 14.2. The smallest absolute Gasteiger partial charge is 0.319 e. The van der Waals surface area contributed by atoms with Crippen molar-refractivity contribution in [1.29, 1.82) is 0 Å². The second-order valence-corrected chi connectivity index (χ2v) is 5.80. The summed E-state index contributed by atoms with van der Waals surface area (Å²) in [5.41, 5.74) is 2.42. The average Bonchev–Trinajstić information content (AvgIpc) is 2.94. The summed E-state index contributed by atoms with van der Waals surface area (Å²) in [5, 5.41) is 12.4. The van der Waals surface area contributed by atoms with Crippen molar-refractivity contribution in [2.45, 2.75) is 20.3 Å². The van der Waals surface area contributed by atoms with E-state index in [1.807, 2.05) is 27.0 Å². The van der Waals surface area contributed by atoms with Gasteiger partial charge in [-0.3, -0.25) is 9.48 Å². The van der Waals surface area contributed by atoms with Crippen molar-refractivity contribution < 1.29 is 9.59 Å². The molecule has 1 aromatic heterocycles. The van der Waals surface area contributed by atoms with E-state index < -0.39 is 0 Å². The van der Waals surface area contributed by atoms with Crippen molar-refractivity contribution in [3.8, 4) is 0 Å². The maximum atomic E-state index is 11.9. The van der Waals surface area contributed by atoms with E-state index in [9.17, 15) is 9.59 Å². The van der Waals surface area contributed by atoms with Gasteiger partial charge in [-0.1, -0.05) is 13.8 Å². The number of hydrogen-bond acceptors (Lipinski definition) is 3. The highest BCUT2D eigenvalue weighted by Gasteiger charge is 2.07. The van der Waals surface area contributed by atoms with Gasteiger partial charge in [0, 0.05) is 49.2 Å². The molecule has 1 heterocycles. The minimum absolute atomic E-state index is 0.0383. The van der Waals surface area contributed by atoms with E-state index >= 15 is 0 Å². The summed E-state index contributed by atoms with van der Waals surface area (Å²) in [6.45, 7) is 4.19. The maximum absolute atomic E-state index is 11.9. The molecule has 0 radical (unpaired) electrons. The molecule has 3 amide bonds. The summed E-state index contributed by atoms with van der Waals surface area (Å²) < 4.78 is 1.78. The molecule has 0 aliphatic carbocycles. The van der Waals surface area contributed by atoms with Gasteiger partial charge in [0.2, 0.25) is 5.91 Å². The number of aryl methyl sites for hydroxylation is 1. The van der Waals surface area contributed by atoms with Crippen LogP contribution in [0.15, 0.2) is 36.5 Å². The molecule has 2 aromatic rings. The Kier molecular flexibility index (Phi) is 5.95. The summed E-state index contributed by atoms with van der Waals surface area (Å²) in [4.78, 5) is 23.5. The minimum atomic E-state index is -0.267. The number of aromatic nitrogens is 2. The van der Waals surface area contributed by atoms with Crippen LogP contribution in [0, 0.1) is 5.92 Å². The number of rotatable bonds is 6. The number of anilines is 2. The fourth-order valence-corrected chi connectivity index (χ4v) is 2.05. The molecule has 1 aromatic carbocycles. The average molecular weight is 329 g/mol. The molecule has 0 unspecified atom stereocenters. The van der Waals surface area contributed by atoms with Gasteiger partial charge in [-0.25, -0.2) is 4.79 Å². The number of hydrogen-bond donors (Lipinski definition) is 3. The molecule has 128 valence electrons. The number of benzene rings is 1. The van der Waals surface area contributed by atoms with Crippen LogP contribution in [0.1, 0.15) is 19.5 Å². The SMILES string of the molecule is CC(C)C(=O)Nc1ccc(NC(=O)NCCc2ccnn2C)cc1. The first-order chi connectivity index (χ1) is 11.5. The number of nitrogens with zero attached hydrogens (tertiary/aromatic N) is 2. The normalized spacial score (nSPS) is 10.5. The Labute approximate surface area is 141 Å². The first-order valence-corrected chi connectivity index (χ1v) is 7.88. The summed E-state index contributed by atoms with van der Waals surface area (Å²) in [6, 6.07) is 8.66. The summed E-state index contributed by atoms with van der Waals surface area (Å²) >= 11 is 0. The zero-order chi connectivity index (χ0) is 17.5. The van der Waals surface area contributed by atoms with E-state index in [0.29, 0.717) is 24.3 Å². The lowest BCUT2D eigenvalue weighted by atomic mass is 10.2. The molecule has 0 bridgehead atoms. The number of carbonyl (C=O) groups is 2. The van der Waals surface area contributed by atoms with Gasteiger partial charge in [-0.15, -0.1) is 0 Å². The predicted octanol–water partition coefficient (Wildman–Crippen LogP) is 2.38. The lowest BCUT2D eigenvalue weighted by Crippen LogP contribution is -2.30. The van der Waals surface area contributed by atoms with Crippen LogP contribution in [0.3, 0.4) is 0 Å². The molecule has 0 aliphatic rings. The predicted molar refractivity (Wildman–Crippen MR) is 93.8 cm³/mol. The molecule has 0 saturated heterocycles. The first kappa shape index (κ1) is 17.5. The van der Waals surface area contributed by atoms with Crippen LogP contribution < -0.4 is 16.0 Å². The third-order valence-electron chi connectivity index (χ3n) is 3.52. The van der Waals surface area contributed by atoms with Crippen molar-refractivity contribution in [2.24, 2.45) is 13.0 Å². The second-order valence-electron chi connectivity index (χ2n) is 5.80. The standard InChI is InChI=1S/C17H23N5O2/c1-12(2)16(23)20-13-4-6-14(7-5-13)21-17(24)18-10-8-15-9-11-19-22(15)3/h4-7,9,11-12H,8,10H2,1-3H3,(H,20,23)(H2,18,21,24). The van der Waals surface area contributed by atoms with Gasteiger partial charge in [0.25, 0.3) is 0 Å². The number of carbonyl (C=O) groups excluding carboxylic acids is 2. The Balaban J connectivity index is 1.77. The molecule has 3 N–H and O–H groups in total. The Morgan fingerprint density at radius 3 is 2.25 bits per heavy atom. The Morgan fingerprint density at radius 2 is 1.71 bits per heavy atom. The van der Waals surface area contributed by atoms with E-state index in [-0.39, 0.29) is 17.9 Å². The van der Waals surface area contributed by atoms with Crippen LogP contribution in [-0.4, -0.2) is 28.3 Å². The first-order valence-electron chi connectivity index (χ1n) is 7.88. The Bertz CT molecular complexity index is 691. The van der Waals surface area contributed by atoms with Crippen molar-refractivity contribution in [3.63, 3.8) is 0 Å². The van der Waals surface area contributed by atoms with Gasteiger partial charge in [0.05, 0.1) is 0 Å². The highest BCUT2D eigenvalue weighted by atomic mass is 16.2. The maximum Gasteiger partial charge on any atom is 0.319 e. The minimum Gasteiger partial charge on any atom is -0.337 e. The second kappa shape index (κ2) is 8.14. The van der Waals surface area contributed by atoms with Gasteiger partial charge < -0.3 is 16.0 Å². The molecule has 24 heavy (non-hydrogen) atoms. The fourth-order valence-electron chi connectivity index (χ4n) is 2.05. The van der Waals surface area contributed by atoms with Crippen LogP contribution in [0.2, 0.25) is 0 Å². The molecule has 0 aliphatic heterocycles. The third-order valence-corrected chi connectivity index (χ3v) is 3.52. The zero-order valence-corrected chi connectivity index (χ0v) is 14.2. The summed E-state index contributed by atoms with van der Waals surface area (Å²) in [7, 11) is 1.87. The van der Waals surface area contributed by atoms with E-state index in [1.165, 1.54) is 0 Å². The number of amides is 3. The Morgan fingerprint density at radius 1 is 1.08 bits per heavy atom. The van der Waals surface area contributed by atoms with Gasteiger partial charge in [-0.2, -0.15) is 5.10 Å². The quantitative estimate of drug-likeness (QED) is 0.760. The van der Waals surface area contributed by atoms with Gasteiger partial charge in [0.15, 0.2) is 0 Å². The fraction of sp³-hybridized carbons (Fsp3) is 0.353. The molecule has 0 saturated carbocycles. The van der Waals surface area contributed by atoms with Crippen molar-refractivity contribution in [3.05, 3.63) is 42.2 Å². The van der Waals surface area contributed by atoms with Gasteiger partial charge in [0.1, 0.15) is 0 Å². The van der Waals surface area contributed by atoms with Crippen LogP contribution in [0.4, 0.5) is 16.2 Å². The van der Waals surface area contributed by atoms with E-state index in [0.717, 1.165) is 5.69 Å². The lowest BCUT2D eigenvalue weighted by molar-refractivity contribution is -0.118. The van der Waals surface area contributed by atoms with E-state index in [2.05, 4.69) is 21.0 Å². The largest absolute Gasteiger partial charge is 0.337 e. The van der Waals surface area contributed by atoms with E-state index in [4.69, 9.17) is 0 Å². The van der Waals surface area contributed by atoms with Crippen molar-refractivity contribution in [1.82, 2.24) is 15.1 Å². The van der Waals surface area contributed by atoms with Crippen molar-refractivity contribution >= 4 is 23.3 Å². The summed E-state index contributed by atoms with van der Waals surface area (Å²) in [5.74, 6) is -0.114. The van der Waals surface area contributed by atoms with Gasteiger partial charge >= 0.3 is 6.03 Å². The van der Waals surface area contributed by atoms with E-state index in [1.54, 1.807) is 35.1 Å². The van der Waals surface area contributed by atoms with Crippen LogP contribution >= 0.6 is 0 Å². The molecule has 2 rings (SSSR count). The molecule has 0 atom stereocenters.